The molecule has 0 atom stereocenters. The van der Waals surface area contributed by atoms with E-state index in [2.05, 4.69) is 16.0 Å². The van der Waals surface area contributed by atoms with Crippen molar-refractivity contribution in [3.05, 3.63) is 93.0 Å². The monoisotopic (exact) mass is 484 g/mol. The smallest absolute Gasteiger partial charge is 0.311 e. The summed E-state index contributed by atoms with van der Waals surface area (Å²) in [4.78, 5) is 35.4. The molecule has 2 amide bonds. The zero-order chi connectivity index (χ0) is 24.0. The summed E-state index contributed by atoms with van der Waals surface area (Å²) in [6.45, 7) is 0. The van der Waals surface area contributed by atoms with Gasteiger partial charge in [0.15, 0.2) is 10.9 Å². The lowest BCUT2D eigenvalue weighted by Crippen LogP contribution is -2.34. The Kier molecular flexibility index (Phi) is 7.54. The van der Waals surface area contributed by atoms with Gasteiger partial charge in [0.25, 0.3) is 11.8 Å². The highest BCUT2D eigenvalue weighted by molar-refractivity contribution is 7.80. The number of carbonyl (C=O) groups excluding carboxylic acids is 2. The maximum Gasteiger partial charge on any atom is 0.311 e. The van der Waals surface area contributed by atoms with Crippen LogP contribution in [0.1, 0.15) is 20.7 Å². The summed E-state index contributed by atoms with van der Waals surface area (Å²) in [7, 11) is 1.30. The van der Waals surface area contributed by atoms with Crippen LogP contribution in [0.4, 0.5) is 17.1 Å². The SMILES string of the molecule is COc1ccc(C(=O)NC(=S)Nc2cccc(NC(=O)c3cccc(Cl)c3)c2)cc1[N+](=O)[O-]. The first-order valence-corrected chi connectivity index (χ1v) is 10.2. The summed E-state index contributed by atoms with van der Waals surface area (Å²) in [5.74, 6) is -0.941. The Labute approximate surface area is 198 Å². The molecule has 0 unspecified atom stereocenters. The molecule has 0 saturated carbocycles. The summed E-state index contributed by atoms with van der Waals surface area (Å²) in [6, 6.07) is 17.0. The van der Waals surface area contributed by atoms with Gasteiger partial charge in [-0.05, 0) is 60.7 Å². The second-order valence-corrected chi connectivity index (χ2v) is 7.44. The van der Waals surface area contributed by atoms with Gasteiger partial charge in [0, 0.05) is 33.6 Å². The lowest BCUT2D eigenvalue weighted by Gasteiger charge is -2.12. The number of methoxy groups -OCH3 is 1. The van der Waals surface area contributed by atoms with Crippen molar-refractivity contribution >= 4 is 57.8 Å². The molecule has 0 saturated heterocycles. The van der Waals surface area contributed by atoms with E-state index in [0.29, 0.717) is 22.0 Å². The fraction of sp³-hybridized carbons (Fsp3) is 0.0455. The van der Waals surface area contributed by atoms with E-state index in [0.717, 1.165) is 6.07 Å². The van der Waals surface area contributed by atoms with Gasteiger partial charge in [0.2, 0.25) is 0 Å². The number of nitrogens with zero attached hydrogens (tertiary/aromatic N) is 1. The Morgan fingerprint density at radius 1 is 0.939 bits per heavy atom. The highest BCUT2D eigenvalue weighted by Gasteiger charge is 2.18. The molecule has 0 fully saturated rings. The predicted octanol–water partition coefficient (Wildman–Crippen LogP) is 4.64. The molecule has 168 valence electrons. The number of rotatable bonds is 6. The van der Waals surface area contributed by atoms with Crippen LogP contribution in [-0.2, 0) is 0 Å². The number of nitro benzene ring substituents is 1. The third-order valence-electron chi connectivity index (χ3n) is 4.33. The topological polar surface area (TPSA) is 123 Å². The van der Waals surface area contributed by atoms with Gasteiger partial charge in [-0.2, -0.15) is 0 Å². The number of carbonyl (C=O) groups is 2. The molecule has 0 aromatic heterocycles. The van der Waals surface area contributed by atoms with Crippen LogP contribution < -0.4 is 20.7 Å². The number of ether oxygens (including phenoxy) is 1. The average molecular weight is 485 g/mol. The van der Waals surface area contributed by atoms with Gasteiger partial charge in [-0.3, -0.25) is 25.0 Å². The van der Waals surface area contributed by atoms with Gasteiger partial charge in [-0.15, -0.1) is 0 Å². The molecule has 11 heteroatoms. The van der Waals surface area contributed by atoms with Gasteiger partial charge in [0.05, 0.1) is 12.0 Å². The number of nitrogens with one attached hydrogen (secondary N) is 3. The number of hydrogen-bond acceptors (Lipinski definition) is 6. The van der Waals surface area contributed by atoms with Crippen LogP contribution >= 0.6 is 23.8 Å². The predicted molar refractivity (Wildman–Crippen MR) is 129 cm³/mol. The van der Waals surface area contributed by atoms with E-state index >= 15 is 0 Å². The summed E-state index contributed by atoms with van der Waals surface area (Å²) >= 11 is 11.1. The number of hydrogen-bond donors (Lipinski definition) is 3. The first-order valence-electron chi connectivity index (χ1n) is 9.38. The molecular weight excluding hydrogens is 468 g/mol. The number of benzene rings is 3. The van der Waals surface area contributed by atoms with Crippen molar-refractivity contribution in [3.8, 4) is 5.75 Å². The quantitative estimate of drug-likeness (QED) is 0.264. The molecule has 0 aliphatic carbocycles. The number of thiocarbonyl (C=S) groups is 1. The summed E-state index contributed by atoms with van der Waals surface area (Å²) < 4.78 is 4.93. The number of amides is 2. The molecule has 3 rings (SSSR count). The third-order valence-corrected chi connectivity index (χ3v) is 4.77. The van der Waals surface area contributed by atoms with E-state index in [9.17, 15) is 19.7 Å². The van der Waals surface area contributed by atoms with Crippen molar-refractivity contribution < 1.29 is 19.2 Å². The molecule has 3 N–H and O–H groups in total. The number of nitro groups is 1. The van der Waals surface area contributed by atoms with Gasteiger partial charge in [-0.1, -0.05) is 23.7 Å². The molecule has 3 aromatic carbocycles. The Morgan fingerprint density at radius 3 is 2.27 bits per heavy atom. The standard InChI is InChI=1S/C22H17ClN4O5S/c1-32-19-9-8-14(11-18(19)27(30)31)21(29)26-22(33)25-17-7-3-6-16(12-17)24-20(28)13-4-2-5-15(23)10-13/h2-12H,1H3,(H,24,28)(H2,25,26,29,33). The second kappa shape index (κ2) is 10.5. The van der Waals surface area contributed by atoms with Crippen molar-refractivity contribution in [1.29, 1.82) is 0 Å². The number of halogens is 1. The van der Waals surface area contributed by atoms with Crippen molar-refractivity contribution in [1.82, 2.24) is 5.32 Å². The zero-order valence-corrected chi connectivity index (χ0v) is 18.7. The fourth-order valence-electron chi connectivity index (χ4n) is 2.82. The van der Waals surface area contributed by atoms with Crippen LogP contribution in [0.5, 0.6) is 5.75 Å². The first kappa shape index (κ1) is 23.6. The van der Waals surface area contributed by atoms with Gasteiger partial charge < -0.3 is 15.4 Å². The van der Waals surface area contributed by atoms with Crippen LogP contribution in [0.2, 0.25) is 5.02 Å². The first-order chi connectivity index (χ1) is 15.8. The third kappa shape index (κ3) is 6.25. The van der Waals surface area contributed by atoms with Crippen molar-refractivity contribution in [2.24, 2.45) is 0 Å². The van der Waals surface area contributed by atoms with E-state index in [4.69, 9.17) is 28.6 Å². The molecular formula is C22H17ClN4O5S. The van der Waals surface area contributed by atoms with E-state index < -0.39 is 10.8 Å². The molecule has 9 nitrogen and oxygen atoms in total. The minimum absolute atomic E-state index is 0.0308. The normalized spacial score (nSPS) is 10.1. The van der Waals surface area contributed by atoms with Gasteiger partial charge in [0.1, 0.15) is 0 Å². The van der Waals surface area contributed by atoms with E-state index in [1.165, 1.54) is 19.2 Å². The molecule has 3 aromatic rings. The molecule has 0 heterocycles. The molecule has 0 bridgehead atoms. The largest absolute Gasteiger partial charge is 0.490 e. The van der Waals surface area contributed by atoms with Crippen molar-refractivity contribution in [2.45, 2.75) is 0 Å². The Morgan fingerprint density at radius 2 is 1.61 bits per heavy atom. The van der Waals surface area contributed by atoms with E-state index in [-0.39, 0.29) is 28.0 Å². The molecule has 0 radical (unpaired) electrons. The zero-order valence-electron chi connectivity index (χ0n) is 17.1. The lowest BCUT2D eigenvalue weighted by atomic mass is 10.1. The Balaban J connectivity index is 1.65. The van der Waals surface area contributed by atoms with Crippen LogP contribution in [0, 0.1) is 10.1 Å². The average Bonchev–Trinajstić information content (AvgIpc) is 2.78. The molecule has 0 aliphatic heterocycles. The molecule has 33 heavy (non-hydrogen) atoms. The van der Waals surface area contributed by atoms with Crippen molar-refractivity contribution in [2.75, 3.05) is 17.7 Å². The van der Waals surface area contributed by atoms with Crippen LogP contribution in [0.3, 0.4) is 0 Å². The fourth-order valence-corrected chi connectivity index (χ4v) is 3.22. The second-order valence-electron chi connectivity index (χ2n) is 6.60. The minimum Gasteiger partial charge on any atom is -0.490 e. The highest BCUT2D eigenvalue weighted by Crippen LogP contribution is 2.27. The summed E-state index contributed by atoms with van der Waals surface area (Å²) in [5, 5.41) is 19.6. The molecule has 0 spiro atoms. The van der Waals surface area contributed by atoms with Crippen LogP contribution in [0.25, 0.3) is 0 Å². The van der Waals surface area contributed by atoms with Crippen molar-refractivity contribution in [3.63, 3.8) is 0 Å². The molecule has 0 aliphatic rings. The Hall–Kier alpha value is -4.02. The van der Waals surface area contributed by atoms with Gasteiger partial charge >= 0.3 is 5.69 Å². The van der Waals surface area contributed by atoms with E-state index in [1.54, 1.807) is 48.5 Å². The number of anilines is 2. The Bertz CT molecular complexity index is 1250. The van der Waals surface area contributed by atoms with E-state index in [1.807, 2.05) is 0 Å². The van der Waals surface area contributed by atoms with Gasteiger partial charge in [-0.25, -0.2) is 0 Å². The summed E-state index contributed by atoms with van der Waals surface area (Å²) in [5.41, 5.74) is 1.09. The highest BCUT2D eigenvalue weighted by atomic mass is 35.5. The van der Waals surface area contributed by atoms with Crippen LogP contribution in [-0.4, -0.2) is 29.0 Å². The van der Waals surface area contributed by atoms with Crippen LogP contribution in [0.15, 0.2) is 66.7 Å². The maximum absolute atomic E-state index is 12.4. The summed E-state index contributed by atoms with van der Waals surface area (Å²) in [6.07, 6.45) is 0. The minimum atomic E-state index is -0.643. The lowest BCUT2D eigenvalue weighted by molar-refractivity contribution is -0.385. The maximum atomic E-state index is 12.4.